The molecule has 0 saturated heterocycles. The Morgan fingerprint density at radius 1 is 1.29 bits per heavy atom. The van der Waals surface area contributed by atoms with E-state index in [0.29, 0.717) is 12.4 Å². The number of phenols is 1. The van der Waals surface area contributed by atoms with Gasteiger partial charge in [-0.05, 0) is 30.0 Å². The van der Waals surface area contributed by atoms with Gasteiger partial charge in [0.15, 0.2) is 11.5 Å². The van der Waals surface area contributed by atoms with Crippen molar-refractivity contribution in [2.75, 3.05) is 6.61 Å². The second-order valence-electron chi connectivity index (χ2n) is 4.82. The Balaban J connectivity index is 2.72. The van der Waals surface area contributed by atoms with Gasteiger partial charge in [-0.15, -0.1) is 0 Å². The van der Waals surface area contributed by atoms with E-state index in [4.69, 9.17) is 4.74 Å². The molecule has 1 aromatic rings. The molecule has 2 nitrogen and oxygen atoms in total. The summed E-state index contributed by atoms with van der Waals surface area (Å²) in [5.41, 5.74) is 1.20. The van der Waals surface area contributed by atoms with Crippen LogP contribution in [0.3, 0.4) is 0 Å². The number of aryl methyl sites for hydroxylation is 1. The summed E-state index contributed by atoms with van der Waals surface area (Å²) in [7, 11) is 0. The van der Waals surface area contributed by atoms with E-state index in [0.717, 1.165) is 5.56 Å². The second-order valence-corrected chi connectivity index (χ2v) is 4.82. The van der Waals surface area contributed by atoms with Gasteiger partial charge in [-0.3, -0.25) is 0 Å². The van der Waals surface area contributed by atoms with Gasteiger partial charge in [0, 0.05) is 0 Å². The first-order chi connectivity index (χ1) is 6.38. The van der Waals surface area contributed by atoms with Crippen LogP contribution in [0.2, 0.25) is 0 Å². The SMILES string of the molecule is Cc1ccc(O)c(OCC(C)(C)C)c1. The van der Waals surface area contributed by atoms with Crippen molar-refractivity contribution in [2.45, 2.75) is 27.7 Å². The molecule has 0 radical (unpaired) electrons. The second kappa shape index (κ2) is 3.91. The van der Waals surface area contributed by atoms with Gasteiger partial charge in [-0.25, -0.2) is 0 Å². The molecule has 0 amide bonds. The predicted molar refractivity (Wildman–Crippen MR) is 57.8 cm³/mol. The van der Waals surface area contributed by atoms with Crippen LogP contribution in [0, 0.1) is 12.3 Å². The summed E-state index contributed by atoms with van der Waals surface area (Å²) in [4.78, 5) is 0. The monoisotopic (exact) mass is 194 g/mol. The van der Waals surface area contributed by atoms with E-state index in [-0.39, 0.29) is 11.2 Å². The molecular formula is C12H18O2. The third-order valence-electron chi connectivity index (χ3n) is 1.78. The van der Waals surface area contributed by atoms with Crippen LogP contribution in [0.4, 0.5) is 0 Å². The van der Waals surface area contributed by atoms with E-state index in [1.807, 2.05) is 19.1 Å². The molecule has 0 heterocycles. The quantitative estimate of drug-likeness (QED) is 0.783. The van der Waals surface area contributed by atoms with Gasteiger partial charge in [0.2, 0.25) is 0 Å². The van der Waals surface area contributed by atoms with Crippen molar-refractivity contribution in [2.24, 2.45) is 5.41 Å². The fourth-order valence-electron chi connectivity index (χ4n) is 1.03. The molecule has 0 spiro atoms. The average molecular weight is 194 g/mol. The highest BCUT2D eigenvalue weighted by Crippen LogP contribution is 2.28. The molecule has 2 heteroatoms. The first kappa shape index (κ1) is 10.9. The van der Waals surface area contributed by atoms with Crippen molar-refractivity contribution in [3.05, 3.63) is 23.8 Å². The standard InChI is InChI=1S/C12H18O2/c1-9-5-6-10(13)11(7-9)14-8-12(2,3)4/h5-7,13H,8H2,1-4H3. The fourth-order valence-corrected chi connectivity index (χ4v) is 1.03. The molecule has 78 valence electrons. The Bertz CT molecular complexity index is 311. The van der Waals surface area contributed by atoms with E-state index in [1.54, 1.807) is 6.07 Å². The normalized spacial score (nSPS) is 11.4. The molecule has 0 aliphatic rings. The number of phenolic OH excluding ortho intramolecular Hbond substituents is 1. The van der Waals surface area contributed by atoms with Crippen LogP contribution in [0.5, 0.6) is 11.5 Å². The largest absolute Gasteiger partial charge is 0.504 e. The summed E-state index contributed by atoms with van der Waals surface area (Å²) in [6.45, 7) is 8.87. The van der Waals surface area contributed by atoms with Gasteiger partial charge in [-0.1, -0.05) is 26.8 Å². The molecule has 0 saturated carbocycles. The molecule has 0 atom stereocenters. The lowest BCUT2D eigenvalue weighted by Gasteiger charge is -2.19. The number of ether oxygens (including phenoxy) is 1. The summed E-state index contributed by atoms with van der Waals surface area (Å²) in [6, 6.07) is 5.37. The molecule has 14 heavy (non-hydrogen) atoms. The van der Waals surface area contributed by atoms with Crippen molar-refractivity contribution < 1.29 is 9.84 Å². The third-order valence-corrected chi connectivity index (χ3v) is 1.78. The molecule has 1 aromatic carbocycles. The zero-order valence-corrected chi connectivity index (χ0v) is 9.29. The van der Waals surface area contributed by atoms with Crippen LogP contribution < -0.4 is 4.74 Å². The number of benzene rings is 1. The van der Waals surface area contributed by atoms with Crippen LogP contribution in [-0.4, -0.2) is 11.7 Å². The molecular weight excluding hydrogens is 176 g/mol. The van der Waals surface area contributed by atoms with E-state index >= 15 is 0 Å². The molecule has 0 unspecified atom stereocenters. The Hall–Kier alpha value is -1.18. The summed E-state index contributed by atoms with van der Waals surface area (Å²) >= 11 is 0. The first-order valence-electron chi connectivity index (χ1n) is 4.81. The van der Waals surface area contributed by atoms with Crippen molar-refractivity contribution in [3.63, 3.8) is 0 Å². The first-order valence-corrected chi connectivity index (χ1v) is 4.81. The zero-order valence-electron chi connectivity index (χ0n) is 9.29. The van der Waals surface area contributed by atoms with Crippen LogP contribution >= 0.6 is 0 Å². The Labute approximate surface area is 85.5 Å². The van der Waals surface area contributed by atoms with E-state index in [1.165, 1.54) is 0 Å². The maximum absolute atomic E-state index is 9.51. The number of hydrogen-bond donors (Lipinski definition) is 1. The van der Waals surface area contributed by atoms with Gasteiger partial charge in [0.1, 0.15) is 0 Å². The van der Waals surface area contributed by atoms with Crippen molar-refractivity contribution in [1.82, 2.24) is 0 Å². The lowest BCUT2D eigenvalue weighted by atomic mass is 9.99. The highest BCUT2D eigenvalue weighted by molar-refractivity contribution is 5.41. The average Bonchev–Trinajstić information content (AvgIpc) is 2.05. The van der Waals surface area contributed by atoms with Crippen LogP contribution in [0.25, 0.3) is 0 Å². The highest BCUT2D eigenvalue weighted by Gasteiger charge is 2.12. The van der Waals surface area contributed by atoms with E-state index < -0.39 is 0 Å². The fraction of sp³-hybridized carbons (Fsp3) is 0.500. The minimum absolute atomic E-state index is 0.107. The molecule has 0 aromatic heterocycles. The summed E-state index contributed by atoms with van der Waals surface area (Å²) in [5.74, 6) is 0.778. The molecule has 1 N–H and O–H groups in total. The van der Waals surface area contributed by atoms with E-state index in [2.05, 4.69) is 20.8 Å². The molecule has 0 aliphatic heterocycles. The Kier molecular flexibility index (Phi) is 3.04. The summed E-state index contributed by atoms with van der Waals surface area (Å²) in [5, 5.41) is 9.51. The van der Waals surface area contributed by atoms with Gasteiger partial charge in [0.25, 0.3) is 0 Å². The Morgan fingerprint density at radius 2 is 1.93 bits per heavy atom. The molecule has 0 aliphatic carbocycles. The lowest BCUT2D eigenvalue weighted by Crippen LogP contribution is -2.16. The zero-order chi connectivity index (χ0) is 10.8. The van der Waals surface area contributed by atoms with Gasteiger partial charge >= 0.3 is 0 Å². The smallest absolute Gasteiger partial charge is 0.161 e. The molecule has 1 rings (SSSR count). The lowest BCUT2D eigenvalue weighted by molar-refractivity contribution is 0.192. The summed E-state index contributed by atoms with van der Waals surface area (Å²) < 4.78 is 5.53. The van der Waals surface area contributed by atoms with Gasteiger partial charge < -0.3 is 9.84 Å². The topological polar surface area (TPSA) is 29.5 Å². The van der Waals surface area contributed by atoms with Crippen LogP contribution in [-0.2, 0) is 0 Å². The third kappa shape index (κ3) is 3.29. The number of rotatable bonds is 2. The Morgan fingerprint density at radius 3 is 2.50 bits per heavy atom. The van der Waals surface area contributed by atoms with Gasteiger partial charge in [-0.2, -0.15) is 0 Å². The predicted octanol–water partition coefficient (Wildman–Crippen LogP) is 3.13. The van der Waals surface area contributed by atoms with Crippen molar-refractivity contribution in [3.8, 4) is 11.5 Å². The minimum atomic E-state index is 0.107. The van der Waals surface area contributed by atoms with Gasteiger partial charge in [0.05, 0.1) is 6.61 Å². The number of hydrogen-bond acceptors (Lipinski definition) is 2. The maximum atomic E-state index is 9.51. The van der Waals surface area contributed by atoms with Crippen LogP contribution in [0.1, 0.15) is 26.3 Å². The summed E-state index contributed by atoms with van der Waals surface area (Å²) in [6.07, 6.45) is 0. The highest BCUT2D eigenvalue weighted by atomic mass is 16.5. The van der Waals surface area contributed by atoms with E-state index in [9.17, 15) is 5.11 Å². The van der Waals surface area contributed by atoms with Crippen molar-refractivity contribution in [1.29, 1.82) is 0 Å². The van der Waals surface area contributed by atoms with Crippen LogP contribution in [0.15, 0.2) is 18.2 Å². The molecule has 0 bridgehead atoms. The molecule has 0 fully saturated rings. The minimum Gasteiger partial charge on any atom is -0.504 e. The number of aromatic hydroxyl groups is 1. The van der Waals surface area contributed by atoms with Crippen molar-refractivity contribution >= 4 is 0 Å². The maximum Gasteiger partial charge on any atom is 0.161 e.